The second-order valence-corrected chi connectivity index (χ2v) is 4.96. The third-order valence-corrected chi connectivity index (χ3v) is 3.00. The summed E-state index contributed by atoms with van der Waals surface area (Å²) >= 11 is 3.47. The van der Waals surface area contributed by atoms with Crippen LogP contribution in [0.5, 0.6) is 0 Å². The fourth-order valence-electron chi connectivity index (χ4n) is 1.68. The summed E-state index contributed by atoms with van der Waals surface area (Å²) in [5.74, 6) is 0. The molecule has 0 saturated carbocycles. The van der Waals surface area contributed by atoms with Gasteiger partial charge in [-0.15, -0.1) is 0 Å². The molecule has 3 heteroatoms. The number of fused-ring (bicyclic) bond motifs is 1. The molecule has 2 rings (SSSR count). The monoisotopic (exact) mass is 266 g/mol. The van der Waals surface area contributed by atoms with E-state index >= 15 is 0 Å². The molecule has 0 spiro atoms. The van der Waals surface area contributed by atoms with Crippen LogP contribution in [0.1, 0.15) is 19.0 Å². The molecule has 80 valence electrons. The number of halogens is 1. The minimum absolute atomic E-state index is 0.267. The van der Waals surface area contributed by atoms with Gasteiger partial charge < -0.3 is 10.7 Å². The summed E-state index contributed by atoms with van der Waals surface area (Å²) in [7, 11) is 0. The summed E-state index contributed by atoms with van der Waals surface area (Å²) in [4.78, 5) is 3.40. The third-order valence-electron chi connectivity index (χ3n) is 2.51. The molecule has 1 atom stereocenters. The van der Waals surface area contributed by atoms with E-state index in [0.29, 0.717) is 0 Å². The SMILES string of the molecule is CC(N)CCc1cc2cc(Br)ccc2[nH]1. The fourth-order valence-corrected chi connectivity index (χ4v) is 2.06. The van der Waals surface area contributed by atoms with E-state index in [1.54, 1.807) is 0 Å². The lowest BCUT2D eigenvalue weighted by Crippen LogP contribution is -2.15. The molecule has 0 aliphatic heterocycles. The van der Waals surface area contributed by atoms with Gasteiger partial charge in [0.15, 0.2) is 0 Å². The molecule has 1 heterocycles. The van der Waals surface area contributed by atoms with E-state index in [2.05, 4.69) is 39.1 Å². The topological polar surface area (TPSA) is 41.8 Å². The third kappa shape index (κ3) is 2.61. The lowest BCUT2D eigenvalue weighted by molar-refractivity contribution is 0.660. The summed E-state index contributed by atoms with van der Waals surface area (Å²) in [6.07, 6.45) is 2.04. The van der Waals surface area contributed by atoms with Gasteiger partial charge in [0.1, 0.15) is 0 Å². The Morgan fingerprint density at radius 1 is 1.40 bits per heavy atom. The maximum Gasteiger partial charge on any atom is 0.0456 e. The number of rotatable bonds is 3. The first-order chi connectivity index (χ1) is 7.15. The zero-order valence-corrected chi connectivity index (χ0v) is 10.3. The maximum absolute atomic E-state index is 5.74. The molecule has 0 saturated heterocycles. The molecule has 0 fully saturated rings. The maximum atomic E-state index is 5.74. The molecule has 3 N–H and O–H groups in total. The fraction of sp³-hybridized carbons (Fsp3) is 0.333. The molecule has 15 heavy (non-hydrogen) atoms. The first kappa shape index (κ1) is 10.7. The van der Waals surface area contributed by atoms with E-state index in [0.717, 1.165) is 17.3 Å². The van der Waals surface area contributed by atoms with Crippen molar-refractivity contribution in [1.29, 1.82) is 0 Å². The Morgan fingerprint density at radius 2 is 2.20 bits per heavy atom. The van der Waals surface area contributed by atoms with Crippen LogP contribution in [0.2, 0.25) is 0 Å². The van der Waals surface area contributed by atoms with Crippen LogP contribution in [0.3, 0.4) is 0 Å². The lowest BCUT2D eigenvalue weighted by atomic mass is 10.1. The largest absolute Gasteiger partial charge is 0.358 e. The average molecular weight is 267 g/mol. The van der Waals surface area contributed by atoms with Gasteiger partial charge in [-0.2, -0.15) is 0 Å². The van der Waals surface area contributed by atoms with Crippen molar-refractivity contribution in [3.05, 3.63) is 34.4 Å². The first-order valence-electron chi connectivity index (χ1n) is 5.18. The highest BCUT2D eigenvalue weighted by Gasteiger charge is 2.02. The Bertz CT molecular complexity index is 460. The van der Waals surface area contributed by atoms with Crippen molar-refractivity contribution < 1.29 is 0 Å². The molecule has 1 aromatic carbocycles. The van der Waals surface area contributed by atoms with Crippen LogP contribution in [0.25, 0.3) is 10.9 Å². The average Bonchev–Trinajstić information content (AvgIpc) is 2.56. The minimum atomic E-state index is 0.267. The van der Waals surface area contributed by atoms with Crippen LogP contribution in [0, 0.1) is 0 Å². The summed E-state index contributed by atoms with van der Waals surface area (Å²) in [6, 6.07) is 8.73. The number of benzene rings is 1. The van der Waals surface area contributed by atoms with Crippen molar-refractivity contribution in [3.8, 4) is 0 Å². The second kappa shape index (κ2) is 4.37. The molecule has 2 aromatic rings. The van der Waals surface area contributed by atoms with Crippen molar-refractivity contribution in [2.45, 2.75) is 25.8 Å². The minimum Gasteiger partial charge on any atom is -0.358 e. The van der Waals surface area contributed by atoms with Crippen LogP contribution in [-0.2, 0) is 6.42 Å². The van der Waals surface area contributed by atoms with E-state index in [4.69, 9.17) is 5.73 Å². The van der Waals surface area contributed by atoms with E-state index in [1.807, 2.05) is 13.0 Å². The zero-order valence-electron chi connectivity index (χ0n) is 8.76. The van der Waals surface area contributed by atoms with Crippen molar-refractivity contribution in [2.24, 2.45) is 5.73 Å². The Labute approximate surface area is 98.0 Å². The van der Waals surface area contributed by atoms with Crippen LogP contribution < -0.4 is 5.73 Å². The van der Waals surface area contributed by atoms with Gasteiger partial charge in [-0.1, -0.05) is 15.9 Å². The Hall–Kier alpha value is -0.800. The second-order valence-electron chi connectivity index (χ2n) is 4.04. The van der Waals surface area contributed by atoms with Crippen LogP contribution in [0.4, 0.5) is 0 Å². The molecule has 0 amide bonds. The van der Waals surface area contributed by atoms with E-state index in [9.17, 15) is 0 Å². The van der Waals surface area contributed by atoms with Gasteiger partial charge in [-0.3, -0.25) is 0 Å². The number of hydrogen-bond donors (Lipinski definition) is 2. The van der Waals surface area contributed by atoms with Crippen molar-refractivity contribution in [3.63, 3.8) is 0 Å². The van der Waals surface area contributed by atoms with Gasteiger partial charge in [0.05, 0.1) is 0 Å². The molecule has 2 nitrogen and oxygen atoms in total. The predicted molar refractivity (Wildman–Crippen MR) is 68.0 cm³/mol. The molecule has 0 bridgehead atoms. The normalized spacial score (nSPS) is 13.3. The highest BCUT2D eigenvalue weighted by atomic mass is 79.9. The highest BCUT2D eigenvalue weighted by molar-refractivity contribution is 9.10. The van der Waals surface area contributed by atoms with Gasteiger partial charge in [0.25, 0.3) is 0 Å². The van der Waals surface area contributed by atoms with Crippen molar-refractivity contribution in [2.75, 3.05) is 0 Å². The molecular weight excluding hydrogens is 252 g/mol. The van der Waals surface area contributed by atoms with Gasteiger partial charge in [0, 0.05) is 27.1 Å². The Balaban J connectivity index is 2.23. The molecule has 0 aliphatic carbocycles. The van der Waals surface area contributed by atoms with Gasteiger partial charge in [-0.05, 0) is 44.0 Å². The summed E-state index contributed by atoms with van der Waals surface area (Å²) in [5.41, 5.74) is 8.19. The molecule has 1 unspecified atom stereocenters. The summed E-state index contributed by atoms with van der Waals surface area (Å²) < 4.78 is 1.12. The summed E-state index contributed by atoms with van der Waals surface area (Å²) in [6.45, 7) is 2.04. The number of hydrogen-bond acceptors (Lipinski definition) is 1. The lowest BCUT2D eigenvalue weighted by Gasteiger charge is -2.01. The number of nitrogens with two attached hydrogens (primary N) is 1. The molecule has 0 aliphatic rings. The van der Waals surface area contributed by atoms with Crippen molar-refractivity contribution >= 4 is 26.8 Å². The number of aryl methyl sites for hydroxylation is 1. The van der Waals surface area contributed by atoms with Crippen LogP contribution >= 0.6 is 15.9 Å². The highest BCUT2D eigenvalue weighted by Crippen LogP contribution is 2.21. The van der Waals surface area contributed by atoms with Gasteiger partial charge in [0.2, 0.25) is 0 Å². The van der Waals surface area contributed by atoms with Gasteiger partial charge in [-0.25, -0.2) is 0 Å². The van der Waals surface area contributed by atoms with E-state index in [-0.39, 0.29) is 6.04 Å². The quantitative estimate of drug-likeness (QED) is 0.880. The smallest absolute Gasteiger partial charge is 0.0456 e. The van der Waals surface area contributed by atoms with E-state index in [1.165, 1.54) is 16.6 Å². The molecule has 1 aromatic heterocycles. The number of H-pyrrole nitrogens is 1. The molecule has 0 radical (unpaired) electrons. The first-order valence-corrected chi connectivity index (χ1v) is 5.97. The number of nitrogens with one attached hydrogen (secondary N) is 1. The van der Waals surface area contributed by atoms with Crippen LogP contribution in [0.15, 0.2) is 28.7 Å². The predicted octanol–water partition coefficient (Wildman–Crippen LogP) is 3.21. The number of aromatic nitrogens is 1. The van der Waals surface area contributed by atoms with Crippen LogP contribution in [-0.4, -0.2) is 11.0 Å². The Kier molecular flexibility index (Phi) is 3.12. The standard InChI is InChI=1S/C12H15BrN2/c1-8(14)2-4-11-7-9-6-10(13)3-5-12(9)15-11/h3,5-8,15H,2,4,14H2,1H3. The van der Waals surface area contributed by atoms with Gasteiger partial charge >= 0.3 is 0 Å². The number of aromatic amines is 1. The summed E-state index contributed by atoms with van der Waals surface area (Å²) in [5, 5.41) is 1.25. The Morgan fingerprint density at radius 3 is 2.93 bits per heavy atom. The molecular formula is C12H15BrN2. The van der Waals surface area contributed by atoms with Crippen molar-refractivity contribution in [1.82, 2.24) is 4.98 Å². The zero-order chi connectivity index (χ0) is 10.8. The van der Waals surface area contributed by atoms with E-state index < -0.39 is 0 Å².